The van der Waals surface area contributed by atoms with Gasteiger partial charge in [0.25, 0.3) is 5.91 Å². The Morgan fingerprint density at radius 2 is 1.97 bits per heavy atom. The van der Waals surface area contributed by atoms with Gasteiger partial charge in [0.15, 0.2) is 0 Å². The molecule has 0 aliphatic carbocycles. The zero-order chi connectivity index (χ0) is 25.4. The molecule has 2 aromatic heterocycles. The summed E-state index contributed by atoms with van der Waals surface area (Å²) in [6, 6.07) is 14.1. The first kappa shape index (κ1) is 24.0. The lowest BCUT2D eigenvalue weighted by molar-refractivity contribution is 0.0703. The monoisotopic (exact) mass is 484 g/mol. The van der Waals surface area contributed by atoms with Crippen molar-refractivity contribution in [1.82, 2.24) is 19.8 Å². The highest BCUT2D eigenvalue weighted by Gasteiger charge is 2.20. The van der Waals surface area contributed by atoms with Crippen LogP contribution in [0.25, 0.3) is 33.3 Å². The quantitative estimate of drug-likeness (QED) is 0.425. The molecule has 1 amide bonds. The average Bonchev–Trinajstić information content (AvgIpc) is 3.30. The Morgan fingerprint density at radius 1 is 1.19 bits per heavy atom. The highest BCUT2D eigenvalue weighted by atomic mass is 16.5. The van der Waals surface area contributed by atoms with E-state index < -0.39 is 6.10 Å². The van der Waals surface area contributed by atoms with E-state index in [0.29, 0.717) is 12.1 Å². The summed E-state index contributed by atoms with van der Waals surface area (Å²) in [5.74, 6) is 0.808. The van der Waals surface area contributed by atoms with Crippen molar-refractivity contribution in [2.45, 2.75) is 26.0 Å². The molecule has 7 heteroatoms. The number of benzene rings is 2. The number of amides is 1. The predicted molar refractivity (Wildman–Crippen MR) is 142 cm³/mol. The molecule has 0 radical (unpaired) electrons. The van der Waals surface area contributed by atoms with Crippen LogP contribution in [-0.4, -0.2) is 71.2 Å². The maximum absolute atomic E-state index is 12.7. The first-order chi connectivity index (χ1) is 17.3. The molecule has 5 rings (SSSR count). The van der Waals surface area contributed by atoms with E-state index in [1.807, 2.05) is 36.7 Å². The molecular formula is C29H32N4O3. The van der Waals surface area contributed by atoms with Gasteiger partial charge in [-0.15, -0.1) is 0 Å². The number of hydrogen-bond donors (Lipinski definition) is 2. The fourth-order valence-electron chi connectivity index (χ4n) is 5.01. The fourth-order valence-corrected chi connectivity index (χ4v) is 5.01. The van der Waals surface area contributed by atoms with Crippen molar-refractivity contribution in [3.63, 3.8) is 0 Å². The molecule has 1 atom stereocenters. The van der Waals surface area contributed by atoms with Crippen LogP contribution in [0.1, 0.15) is 28.4 Å². The van der Waals surface area contributed by atoms with Gasteiger partial charge >= 0.3 is 0 Å². The average molecular weight is 485 g/mol. The number of rotatable bonds is 6. The molecule has 0 fully saturated rings. The van der Waals surface area contributed by atoms with E-state index in [1.54, 1.807) is 21.1 Å². The van der Waals surface area contributed by atoms with Crippen LogP contribution in [0.3, 0.4) is 0 Å². The van der Waals surface area contributed by atoms with Crippen molar-refractivity contribution in [2.75, 3.05) is 34.3 Å². The minimum Gasteiger partial charge on any atom is -0.496 e. The lowest BCUT2D eigenvalue weighted by Crippen LogP contribution is -2.32. The van der Waals surface area contributed by atoms with Crippen LogP contribution in [0.2, 0.25) is 0 Å². The number of pyridine rings is 1. The van der Waals surface area contributed by atoms with Crippen LogP contribution in [0.5, 0.6) is 5.75 Å². The van der Waals surface area contributed by atoms with Gasteiger partial charge in [-0.2, -0.15) is 0 Å². The standard InChI is InChI=1S/C29H32N4O3/c1-18(34)16-33(3)29(35)20-7-5-19(6-8-20)25-15-31-28-24(25)12-23(14-30-28)22-11-21-9-10-32(2)17-26(21)27(13-22)36-4/h5-8,11-15,18,34H,9-10,16-17H2,1-4H3,(H,30,31)/t18-/m0/s1. The molecule has 2 N–H and O–H groups in total. The molecule has 3 heterocycles. The third-order valence-electron chi connectivity index (χ3n) is 6.90. The van der Waals surface area contributed by atoms with Crippen molar-refractivity contribution < 1.29 is 14.6 Å². The molecule has 0 saturated carbocycles. The van der Waals surface area contributed by atoms with Crippen LogP contribution in [-0.2, 0) is 13.0 Å². The van der Waals surface area contributed by atoms with Crippen LogP contribution in [0.15, 0.2) is 54.9 Å². The molecule has 1 aliphatic heterocycles. The first-order valence-electron chi connectivity index (χ1n) is 12.2. The zero-order valence-corrected chi connectivity index (χ0v) is 21.2. The molecule has 0 spiro atoms. The number of aliphatic hydroxyl groups is 1. The molecule has 0 saturated heterocycles. The van der Waals surface area contributed by atoms with Crippen molar-refractivity contribution >= 4 is 16.9 Å². The van der Waals surface area contributed by atoms with Crippen molar-refractivity contribution in [3.8, 4) is 28.0 Å². The SMILES string of the molecule is COc1cc(-c2cnc3[nH]cc(-c4ccc(C(=O)N(C)C[C@H](C)O)cc4)c3c2)cc2c1CN(C)CC2. The van der Waals surface area contributed by atoms with Gasteiger partial charge < -0.3 is 24.6 Å². The van der Waals surface area contributed by atoms with Crippen LogP contribution >= 0.6 is 0 Å². The van der Waals surface area contributed by atoms with Gasteiger partial charge in [-0.25, -0.2) is 4.98 Å². The number of carbonyl (C=O) groups is 1. The highest BCUT2D eigenvalue weighted by molar-refractivity contribution is 5.98. The Balaban J connectivity index is 1.48. The predicted octanol–water partition coefficient (Wildman–Crippen LogP) is 4.35. The number of H-pyrrole nitrogens is 1. The van der Waals surface area contributed by atoms with Gasteiger partial charge in [0, 0.05) is 66.7 Å². The Labute approximate surface area is 211 Å². The van der Waals surface area contributed by atoms with Crippen molar-refractivity contribution in [2.24, 2.45) is 0 Å². The normalized spacial score (nSPS) is 14.5. The van der Waals surface area contributed by atoms with Gasteiger partial charge in [-0.05, 0) is 61.3 Å². The Bertz CT molecular complexity index is 1390. The van der Waals surface area contributed by atoms with Gasteiger partial charge in [-0.3, -0.25) is 4.79 Å². The van der Waals surface area contributed by atoms with Crippen LogP contribution in [0.4, 0.5) is 0 Å². The molecule has 4 aromatic rings. The highest BCUT2D eigenvalue weighted by Crippen LogP contribution is 2.36. The number of nitrogens with one attached hydrogen (secondary N) is 1. The van der Waals surface area contributed by atoms with Crippen molar-refractivity contribution in [1.29, 1.82) is 0 Å². The van der Waals surface area contributed by atoms with Gasteiger partial charge in [0.05, 0.1) is 13.2 Å². The van der Waals surface area contributed by atoms with E-state index in [1.165, 1.54) is 16.0 Å². The van der Waals surface area contributed by atoms with Crippen LogP contribution in [0, 0.1) is 0 Å². The van der Waals surface area contributed by atoms with Crippen molar-refractivity contribution in [3.05, 3.63) is 71.5 Å². The lowest BCUT2D eigenvalue weighted by atomic mass is 9.93. The van der Waals surface area contributed by atoms with Gasteiger partial charge in [-0.1, -0.05) is 18.2 Å². The number of nitrogens with zero attached hydrogens (tertiary/aromatic N) is 3. The number of aromatic nitrogens is 2. The number of likely N-dealkylation sites (N-methyl/N-ethyl adjacent to an activating group) is 2. The summed E-state index contributed by atoms with van der Waals surface area (Å²) in [5, 5.41) is 10.6. The summed E-state index contributed by atoms with van der Waals surface area (Å²) in [7, 11) is 5.57. The minimum absolute atomic E-state index is 0.113. The summed E-state index contributed by atoms with van der Waals surface area (Å²) in [4.78, 5) is 24.5. The fraction of sp³-hybridized carbons (Fsp3) is 0.310. The summed E-state index contributed by atoms with van der Waals surface area (Å²) >= 11 is 0. The third kappa shape index (κ3) is 4.59. The Hall–Kier alpha value is -3.68. The van der Waals surface area contributed by atoms with Gasteiger partial charge in [0.2, 0.25) is 0 Å². The molecule has 186 valence electrons. The summed E-state index contributed by atoms with van der Waals surface area (Å²) in [5.41, 5.74) is 8.17. The number of carbonyl (C=O) groups excluding carboxylic acids is 1. The Kier molecular flexibility index (Phi) is 6.51. The third-order valence-corrected chi connectivity index (χ3v) is 6.90. The molecular weight excluding hydrogens is 452 g/mol. The Morgan fingerprint density at radius 3 is 2.69 bits per heavy atom. The number of aromatic amines is 1. The summed E-state index contributed by atoms with van der Waals surface area (Å²) in [6.45, 7) is 3.89. The lowest BCUT2D eigenvalue weighted by Gasteiger charge is -2.27. The number of ether oxygens (including phenoxy) is 1. The van der Waals surface area contributed by atoms with E-state index >= 15 is 0 Å². The van der Waals surface area contributed by atoms with E-state index in [2.05, 4.69) is 35.1 Å². The maximum atomic E-state index is 12.7. The zero-order valence-electron chi connectivity index (χ0n) is 21.2. The van der Waals surface area contributed by atoms with E-state index in [-0.39, 0.29) is 5.91 Å². The number of hydrogen-bond acceptors (Lipinski definition) is 5. The smallest absolute Gasteiger partial charge is 0.253 e. The molecule has 2 aromatic carbocycles. The van der Waals surface area contributed by atoms with E-state index in [4.69, 9.17) is 9.72 Å². The largest absolute Gasteiger partial charge is 0.496 e. The van der Waals surface area contributed by atoms with E-state index in [0.717, 1.165) is 58.5 Å². The molecule has 0 bridgehead atoms. The molecule has 0 unspecified atom stereocenters. The van der Waals surface area contributed by atoms with Crippen LogP contribution < -0.4 is 4.74 Å². The molecule has 1 aliphatic rings. The molecule has 36 heavy (non-hydrogen) atoms. The molecule has 7 nitrogen and oxygen atoms in total. The second-order valence-corrected chi connectivity index (χ2v) is 9.74. The second-order valence-electron chi connectivity index (χ2n) is 9.74. The minimum atomic E-state index is -0.567. The second kappa shape index (κ2) is 9.76. The number of fused-ring (bicyclic) bond motifs is 2. The number of methoxy groups -OCH3 is 1. The first-order valence-corrected chi connectivity index (χ1v) is 12.2. The van der Waals surface area contributed by atoms with E-state index in [9.17, 15) is 9.90 Å². The number of aliphatic hydroxyl groups excluding tert-OH is 1. The summed E-state index contributed by atoms with van der Waals surface area (Å²) in [6.07, 6.45) is 4.29. The topological polar surface area (TPSA) is 81.7 Å². The summed E-state index contributed by atoms with van der Waals surface area (Å²) < 4.78 is 5.76. The van der Waals surface area contributed by atoms with Gasteiger partial charge in [0.1, 0.15) is 11.4 Å². The maximum Gasteiger partial charge on any atom is 0.253 e.